The highest BCUT2D eigenvalue weighted by atomic mass is 32.1. The normalized spacial score (nSPS) is 10.7. The molecule has 30 heavy (non-hydrogen) atoms. The SMILES string of the molecule is N#C/C(=C\c1ccc(O)c(O)c1)C(N)=S.N#C/C(=C\c1ccc(O)c(O)c1)C(N)=S. The van der Waals surface area contributed by atoms with Gasteiger partial charge in [0.1, 0.15) is 22.1 Å². The van der Waals surface area contributed by atoms with Crippen LogP contribution in [-0.4, -0.2) is 30.4 Å². The minimum atomic E-state index is -0.260. The van der Waals surface area contributed by atoms with E-state index in [9.17, 15) is 10.2 Å². The third-order valence-corrected chi connectivity index (χ3v) is 3.83. The zero-order valence-corrected chi connectivity index (χ0v) is 16.9. The Morgan fingerprint density at radius 2 is 1.03 bits per heavy atom. The highest BCUT2D eigenvalue weighted by Crippen LogP contribution is 2.26. The molecule has 0 fully saturated rings. The Labute approximate surface area is 182 Å². The Hall–Kier alpha value is -4.12. The molecule has 0 unspecified atom stereocenters. The quantitative estimate of drug-likeness (QED) is 0.179. The third kappa shape index (κ3) is 7.13. The second-order valence-corrected chi connectivity index (χ2v) is 6.44. The third-order valence-electron chi connectivity index (χ3n) is 3.39. The first-order valence-corrected chi connectivity index (χ1v) is 8.77. The molecule has 0 heterocycles. The number of hydrogen-bond donors (Lipinski definition) is 6. The minimum absolute atomic E-state index is 0.00920. The first-order valence-electron chi connectivity index (χ1n) is 7.96. The Balaban J connectivity index is 0.000000300. The van der Waals surface area contributed by atoms with Crippen molar-refractivity contribution in [2.75, 3.05) is 0 Å². The van der Waals surface area contributed by atoms with Crippen LogP contribution in [0.15, 0.2) is 47.5 Å². The summed E-state index contributed by atoms with van der Waals surface area (Å²) in [5.74, 6) is -0.963. The van der Waals surface area contributed by atoms with Gasteiger partial charge >= 0.3 is 0 Å². The average Bonchev–Trinajstić information content (AvgIpc) is 2.69. The molecule has 0 bridgehead atoms. The largest absolute Gasteiger partial charge is 0.504 e. The van der Waals surface area contributed by atoms with Gasteiger partial charge in [-0.25, -0.2) is 0 Å². The number of aromatic hydroxyl groups is 4. The lowest BCUT2D eigenvalue weighted by atomic mass is 10.1. The van der Waals surface area contributed by atoms with Crippen LogP contribution in [0.5, 0.6) is 23.0 Å². The molecule has 2 aromatic rings. The summed E-state index contributed by atoms with van der Waals surface area (Å²) in [6.45, 7) is 0. The van der Waals surface area contributed by atoms with Crippen LogP contribution in [0.1, 0.15) is 11.1 Å². The van der Waals surface area contributed by atoms with Crippen LogP contribution in [0.2, 0.25) is 0 Å². The van der Waals surface area contributed by atoms with Crippen molar-refractivity contribution in [3.8, 4) is 35.1 Å². The smallest absolute Gasteiger partial charge is 0.157 e. The summed E-state index contributed by atoms with van der Waals surface area (Å²) in [5.41, 5.74) is 12.0. The summed E-state index contributed by atoms with van der Waals surface area (Å²) < 4.78 is 0. The molecule has 0 saturated carbocycles. The van der Waals surface area contributed by atoms with Crippen molar-refractivity contribution >= 4 is 46.6 Å². The fourth-order valence-corrected chi connectivity index (χ4v) is 2.12. The van der Waals surface area contributed by atoms with E-state index in [0.717, 1.165) is 0 Å². The highest BCUT2D eigenvalue weighted by Gasteiger charge is 2.03. The fraction of sp³-hybridized carbons (Fsp3) is 0. The molecule has 10 heteroatoms. The fourth-order valence-electron chi connectivity index (χ4n) is 1.91. The summed E-state index contributed by atoms with van der Waals surface area (Å²) in [5, 5.41) is 53.9. The van der Waals surface area contributed by atoms with E-state index >= 15 is 0 Å². The van der Waals surface area contributed by atoms with Gasteiger partial charge in [-0.1, -0.05) is 36.6 Å². The highest BCUT2D eigenvalue weighted by molar-refractivity contribution is 7.81. The lowest BCUT2D eigenvalue weighted by Crippen LogP contribution is -2.09. The van der Waals surface area contributed by atoms with Gasteiger partial charge in [-0.3, -0.25) is 0 Å². The molecule has 0 aliphatic rings. The Kier molecular flexibility index (Phi) is 8.79. The van der Waals surface area contributed by atoms with Crippen molar-refractivity contribution in [2.24, 2.45) is 11.5 Å². The van der Waals surface area contributed by atoms with Crippen LogP contribution in [0.25, 0.3) is 12.2 Å². The number of nitrogens with zero attached hydrogens (tertiary/aromatic N) is 2. The van der Waals surface area contributed by atoms with Gasteiger partial charge in [-0.05, 0) is 47.5 Å². The topological polar surface area (TPSA) is 181 Å². The van der Waals surface area contributed by atoms with E-state index in [1.165, 1.54) is 48.6 Å². The maximum Gasteiger partial charge on any atom is 0.157 e. The number of nitrogens with two attached hydrogens (primary N) is 2. The van der Waals surface area contributed by atoms with Gasteiger partial charge in [-0.2, -0.15) is 10.5 Å². The predicted octanol–water partition coefficient (Wildman–Crippen LogP) is 2.58. The maximum absolute atomic E-state index is 9.20. The van der Waals surface area contributed by atoms with Crippen molar-refractivity contribution in [2.45, 2.75) is 0 Å². The predicted molar refractivity (Wildman–Crippen MR) is 120 cm³/mol. The average molecular weight is 441 g/mol. The number of phenols is 4. The van der Waals surface area contributed by atoms with Crippen molar-refractivity contribution in [1.82, 2.24) is 0 Å². The molecule has 8 N–H and O–H groups in total. The van der Waals surface area contributed by atoms with Crippen molar-refractivity contribution < 1.29 is 20.4 Å². The van der Waals surface area contributed by atoms with Crippen molar-refractivity contribution in [3.05, 3.63) is 58.7 Å². The van der Waals surface area contributed by atoms with Gasteiger partial charge in [0, 0.05) is 0 Å². The minimum Gasteiger partial charge on any atom is -0.504 e. The molecular weight excluding hydrogens is 424 g/mol. The summed E-state index contributed by atoms with van der Waals surface area (Å²) in [6.07, 6.45) is 2.86. The van der Waals surface area contributed by atoms with E-state index < -0.39 is 0 Å². The van der Waals surface area contributed by atoms with Gasteiger partial charge in [0.15, 0.2) is 23.0 Å². The molecule has 0 atom stereocenters. The van der Waals surface area contributed by atoms with E-state index in [4.69, 9.17) is 32.2 Å². The number of phenolic OH excluding ortho intramolecular Hbond substituents is 4. The van der Waals surface area contributed by atoms with Gasteiger partial charge in [0.2, 0.25) is 0 Å². The second-order valence-electron chi connectivity index (χ2n) is 5.56. The van der Waals surface area contributed by atoms with Gasteiger partial charge in [0.25, 0.3) is 0 Å². The van der Waals surface area contributed by atoms with Crippen LogP contribution < -0.4 is 11.5 Å². The molecule has 0 radical (unpaired) electrons. The maximum atomic E-state index is 9.20. The van der Waals surface area contributed by atoms with E-state index in [2.05, 4.69) is 24.4 Å². The van der Waals surface area contributed by atoms with Crippen molar-refractivity contribution in [3.63, 3.8) is 0 Å². The lowest BCUT2D eigenvalue weighted by molar-refractivity contribution is 0.403. The zero-order chi connectivity index (χ0) is 22.8. The number of rotatable bonds is 4. The molecule has 152 valence electrons. The van der Waals surface area contributed by atoms with E-state index in [1.54, 1.807) is 0 Å². The molecule has 2 rings (SSSR count). The Morgan fingerprint density at radius 3 is 1.27 bits per heavy atom. The first-order chi connectivity index (χ1) is 14.1. The first kappa shape index (κ1) is 23.9. The van der Waals surface area contributed by atoms with Crippen LogP contribution >= 0.6 is 24.4 Å². The molecule has 0 aliphatic carbocycles. The standard InChI is InChI=1S/2C10H8N2O2S/c2*11-5-7(10(12)15)3-6-1-2-8(13)9(14)4-6/h2*1-4,13-14H,(H2,12,15)/b2*7-3+. The molecule has 0 aliphatic heterocycles. The lowest BCUT2D eigenvalue weighted by Gasteiger charge is -1.99. The van der Waals surface area contributed by atoms with E-state index in [-0.39, 0.29) is 44.1 Å². The Morgan fingerprint density at radius 1 is 0.700 bits per heavy atom. The summed E-state index contributed by atoms with van der Waals surface area (Å²) in [6, 6.07) is 12.0. The van der Waals surface area contributed by atoms with Crippen LogP contribution in [0.3, 0.4) is 0 Å². The van der Waals surface area contributed by atoms with Crippen LogP contribution in [-0.2, 0) is 0 Å². The number of thiocarbonyl (C=S) groups is 2. The molecule has 2 aromatic carbocycles. The monoisotopic (exact) mass is 440 g/mol. The summed E-state index contributed by atoms with van der Waals surface area (Å²) in [4.78, 5) is -0.0184. The van der Waals surface area contributed by atoms with Crippen LogP contribution in [0.4, 0.5) is 0 Å². The molecule has 0 amide bonds. The zero-order valence-electron chi connectivity index (χ0n) is 15.3. The molecule has 0 aromatic heterocycles. The molecule has 0 saturated heterocycles. The summed E-state index contributed by atoms with van der Waals surface area (Å²) >= 11 is 9.30. The second kappa shape index (κ2) is 11.0. The van der Waals surface area contributed by atoms with Gasteiger partial charge in [0.05, 0.1) is 11.1 Å². The number of nitriles is 2. The molecule has 8 nitrogen and oxygen atoms in total. The summed E-state index contributed by atoms with van der Waals surface area (Å²) in [7, 11) is 0. The number of benzene rings is 2. The molecule has 0 spiro atoms. The van der Waals surface area contributed by atoms with Crippen molar-refractivity contribution in [1.29, 1.82) is 10.5 Å². The molecular formula is C20H16N4O4S2. The van der Waals surface area contributed by atoms with Gasteiger partial charge in [-0.15, -0.1) is 0 Å². The number of hydrogen-bond acceptors (Lipinski definition) is 8. The Bertz CT molecular complexity index is 1040. The van der Waals surface area contributed by atoms with Gasteiger partial charge < -0.3 is 31.9 Å². The van der Waals surface area contributed by atoms with E-state index in [0.29, 0.717) is 11.1 Å². The van der Waals surface area contributed by atoms with E-state index in [1.807, 2.05) is 12.1 Å². The van der Waals surface area contributed by atoms with Crippen LogP contribution in [0, 0.1) is 22.7 Å².